The van der Waals surface area contributed by atoms with Crippen molar-refractivity contribution in [2.45, 2.75) is 13.8 Å². The number of amides is 1. The highest BCUT2D eigenvalue weighted by Gasteiger charge is 2.13. The average Bonchev–Trinajstić information content (AvgIpc) is 2.22. The van der Waals surface area contributed by atoms with Crippen LogP contribution < -0.4 is 11.1 Å². The van der Waals surface area contributed by atoms with E-state index in [4.69, 9.17) is 5.73 Å². The molecule has 1 aromatic rings. The van der Waals surface area contributed by atoms with Gasteiger partial charge >= 0.3 is 0 Å². The number of hydrogen-bond donors (Lipinski definition) is 2. The zero-order valence-electron chi connectivity index (χ0n) is 9.11. The van der Waals surface area contributed by atoms with Gasteiger partial charge in [0.05, 0.1) is 11.5 Å². The van der Waals surface area contributed by atoms with Crippen molar-refractivity contribution in [3.8, 4) is 0 Å². The molecule has 6 nitrogen and oxygen atoms in total. The third-order valence-electron chi connectivity index (χ3n) is 2.20. The first-order chi connectivity index (χ1) is 7.45. The number of nitro groups is 1. The fraction of sp³-hybridized carbons (Fsp3) is 0.300. The van der Waals surface area contributed by atoms with Crippen LogP contribution in [-0.4, -0.2) is 17.4 Å². The predicted octanol–water partition coefficient (Wildman–Crippen LogP) is 1.11. The number of rotatable bonds is 3. The topological polar surface area (TPSA) is 98.3 Å². The first-order valence-corrected chi connectivity index (χ1v) is 4.71. The standard InChI is InChI=1S/C10H13N3O3/c1-6-4-9(13(15)16)7(2)3-8(6)12-10(14)5-11/h3-4H,5,11H2,1-2H3,(H,12,14). The van der Waals surface area contributed by atoms with E-state index in [1.54, 1.807) is 19.9 Å². The van der Waals surface area contributed by atoms with Crippen LogP contribution in [0.4, 0.5) is 11.4 Å². The number of nitrogens with two attached hydrogens (primary N) is 1. The van der Waals surface area contributed by atoms with Crippen molar-refractivity contribution in [3.63, 3.8) is 0 Å². The molecule has 0 bridgehead atoms. The van der Waals surface area contributed by atoms with E-state index in [0.717, 1.165) is 0 Å². The molecule has 86 valence electrons. The van der Waals surface area contributed by atoms with Gasteiger partial charge in [0.1, 0.15) is 0 Å². The maximum Gasteiger partial charge on any atom is 0.272 e. The van der Waals surface area contributed by atoms with E-state index in [1.807, 2.05) is 0 Å². The fourth-order valence-electron chi connectivity index (χ4n) is 1.33. The molecule has 0 saturated heterocycles. The lowest BCUT2D eigenvalue weighted by Crippen LogP contribution is -2.22. The smallest absolute Gasteiger partial charge is 0.272 e. The summed E-state index contributed by atoms with van der Waals surface area (Å²) in [6.07, 6.45) is 0. The van der Waals surface area contributed by atoms with Crippen LogP contribution in [-0.2, 0) is 4.79 Å². The van der Waals surface area contributed by atoms with Gasteiger partial charge in [-0.2, -0.15) is 0 Å². The molecule has 1 aromatic carbocycles. The number of aryl methyl sites for hydroxylation is 2. The second-order valence-electron chi connectivity index (χ2n) is 3.46. The number of carbonyl (C=O) groups excluding carboxylic acids is 1. The highest BCUT2D eigenvalue weighted by molar-refractivity contribution is 5.93. The maximum atomic E-state index is 11.1. The minimum Gasteiger partial charge on any atom is -0.325 e. The van der Waals surface area contributed by atoms with Crippen LogP contribution in [0.1, 0.15) is 11.1 Å². The van der Waals surface area contributed by atoms with E-state index in [2.05, 4.69) is 5.32 Å². The molecule has 0 unspecified atom stereocenters. The third kappa shape index (κ3) is 2.54. The number of nitrogens with zero attached hydrogens (tertiary/aromatic N) is 1. The summed E-state index contributed by atoms with van der Waals surface area (Å²) >= 11 is 0. The van der Waals surface area contributed by atoms with E-state index in [9.17, 15) is 14.9 Å². The summed E-state index contributed by atoms with van der Waals surface area (Å²) < 4.78 is 0. The van der Waals surface area contributed by atoms with Crippen molar-refractivity contribution in [3.05, 3.63) is 33.4 Å². The Balaban J connectivity index is 3.10. The summed E-state index contributed by atoms with van der Waals surface area (Å²) in [5.74, 6) is -0.323. The molecule has 6 heteroatoms. The van der Waals surface area contributed by atoms with Gasteiger partial charge in [-0.25, -0.2) is 0 Å². The van der Waals surface area contributed by atoms with Gasteiger partial charge in [-0.1, -0.05) is 0 Å². The Morgan fingerprint density at radius 1 is 1.44 bits per heavy atom. The summed E-state index contributed by atoms with van der Waals surface area (Å²) in [6, 6.07) is 3.00. The van der Waals surface area contributed by atoms with Crippen LogP contribution in [0.15, 0.2) is 12.1 Å². The van der Waals surface area contributed by atoms with Gasteiger partial charge in [-0.3, -0.25) is 14.9 Å². The molecule has 0 fully saturated rings. The monoisotopic (exact) mass is 223 g/mol. The zero-order valence-corrected chi connectivity index (χ0v) is 9.11. The lowest BCUT2D eigenvalue weighted by atomic mass is 10.1. The van der Waals surface area contributed by atoms with E-state index in [1.165, 1.54) is 6.07 Å². The molecule has 0 atom stereocenters. The average molecular weight is 223 g/mol. The molecule has 0 radical (unpaired) electrons. The van der Waals surface area contributed by atoms with Crippen LogP contribution in [0.2, 0.25) is 0 Å². The van der Waals surface area contributed by atoms with Crippen LogP contribution in [0.5, 0.6) is 0 Å². The van der Waals surface area contributed by atoms with Gasteiger partial charge in [0.15, 0.2) is 0 Å². The molecular formula is C10H13N3O3. The molecule has 16 heavy (non-hydrogen) atoms. The number of hydrogen-bond acceptors (Lipinski definition) is 4. The van der Waals surface area contributed by atoms with Gasteiger partial charge in [-0.15, -0.1) is 0 Å². The molecule has 0 heterocycles. The Kier molecular flexibility index (Phi) is 3.57. The SMILES string of the molecule is Cc1cc([N+](=O)[O-])c(C)cc1NC(=O)CN. The lowest BCUT2D eigenvalue weighted by Gasteiger charge is -2.08. The number of benzene rings is 1. The second kappa shape index (κ2) is 4.71. The zero-order chi connectivity index (χ0) is 12.3. The summed E-state index contributed by atoms with van der Waals surface area (Å²) in [5, 5.41) is 13.2. The normalized spacial score (nSPS) is 9.94. The number of carbonyl (C=O) groups is 1. The molecule has 0 aromatic heterocycles. The molecule has 0 saturated carbocycles. The molecule has 0 aliphatic heterocycles. The van der Waals surface area contributed by atoms with Crippen LogP contribution in [0.25, 0.3) is 0 Å². The van der Waals surface area contributed by atoms with E-state index < -0.39 is 4.92 Å². The Morgan fingerprint density at radius 3 is 2.56 bits per heavy atom. The molecule has 0 spiro atoms. The van der Waals surface area contributed by atoms with E-state index in [0.29, 0.717) is 16.8 Å². The molecule has 0 aliphatic rings. The Morgan fingerprint density at radius 2 is 2.06 bits per heavy atom. The summed E-state index contributed by atoms with van der Waals surface area (Å²) in [4.78, 5) is 21.3. The van der Waals surface area contributed by atoms with Gasteiger partial charge in [-0.05, 0) is 25.5 Å². The first kappa shape index (κ1) is 12.1. The fourth-order valence-corrected chi connectivity index (χ4v) is 1.33. The van der Waals surface area contributed by atoms with E-state index in [-0.39, 0.29) is 18.1 Å². The quantitative estimate of drug-likeness (QED) is 0.592. The van der Waals surface area contributed by atoms with Crippen LogP contribution >= 0.6 is 0 Å². The Bertz CT molecular complexity index is 443. The Labute approximate surface area is 92.6 Å². The second-order valence-corrected chi connectivity index (χ2v) is 3.46. The van der Waals surface area contributed by atoms with Gasteiger partial charge in [0.25, 0.3) is 5.69 Å². The number of nitro benzene ring substituents is 1. The van der Waals surface area contributed by atoms with Crippen LogP contribution in [0.3, 0.4) is 0 Å². The van der Waals surface area contributed by atoms with Crippen molar-refractivity contribution in [1.82, 2.24) is 0 Å². The molecule has 0 aliphatic carbocycles. The summed E-state index contributed by atoms with van der Waals surface area (Å²) in [5.41, 5.74) is 6.91. The third-order valence-corrected chi connectivity index (χ3v) is 2.20. The van der Waals surface area contributed by atoms with Crippen molar-refractivity contribution >= 4 is 17.3 Å². The predicted molar refractivity (Wildman–Crippen MR) is 60.3 cm³/mol. The van der Waals surface area contributed by atoms with Crippen molar-refractivity contribution in [1.29, 1.82) is 0 Å². The lowest BCUT2D eigenvalue weighted by molar-refractivity contribution is -0.385. The Hall–Kier alpha value is -1.95. The molecule has 3 N–H and O–H groups in total. The van der Waals surface area contributed by atoms with Gasteiger partial charge in [0.2, 0.25) is 5.91 Å². The molecule has 1 amide bonds. The summed E-state index contributed by atoms with van der Waals surface area (Å²) in [6.45, 7) is 3.20. The highest BCUT2D eigenvalue weighted by atomic mass is 16.6. The number of nitrogens with one attached hydrogen (secondary N) is 1. The van der Waals surface area contributed by atoms with E-state index >= 15 is 0 Å². The number of anilines is 1. The van der Waals surface area contributed by atoms with Gasteiger partial charge in [0, 0.05) is 17.3 Å². The van der Waals surface area contributed by atoms with Crippen molar-refractivity contribution < 1.29 is 9.72 Å². The van der Waals surface area contributed by atoms with Gasteiger partial charge < -0.3 is 11.1 Å². The summed E-state index contributed by atoms with van der Waals surface area (Å²) in [7, 11) is 0. The molecule has 1 rings (SSSR count). The highest BCUT2D eigenvalue weighted by Crippen LogP contribution is 2.25. The first-order valence-electron chi connectivity index (χ1n) is 4.71. The van der Waals surface area contributed by atoms with Crippen LogP contribution in [0, 0.1) is 24.0 Å². The van der Waals surface area contributed by atoms with Crippen molar-refractivity contribution in [2.24, 2.45) is 5.73 Å². The molecular weight excluding hydrogens is 210 g/mol. The maximum absolute atomic E-state index is 11.1. The minimum absolute atomic E-state index is 0.0447. The van der Waals surface area contributed by atoms with Crippen molar-refractivity contribution in [2.75, 3.05) is 11.9 Å². The minimum atomic E-state index is -0.448. The largest absolute Gasteiger partial charge is 0.325 e.